The largest absolute Gasteiger partial charge is 0.352 e. The van der Waals surface area contributed by atoms with Crippen molar-refractivity contribution in [3.05, 3.63) is 87.1 Å². The van der Waals surface area contributed by atoms with E-state index in [-0.39, 0.29) is 11.5 Å². The van der Waals surface area contributed by atoms with Crippen molar-refractivity contribution in [3.8, 4) is 0 Å². The molecule has 1 amide bonds. The Morgan fingerprint density at radius 3 is 2.61 bits per heavy atom. The fourth-order valence-electron chi connectivity index (χ4n) is 2.98. The molecule has 0 aliphatic rings. The van der Waals surface area contributed by atoms with E-state index in [2.05, 4.69) is 20.3 Å². The van der Waals surface area contributed by atoms with Gasteiger partial charge in [-0.05, 0) is 48.7 Å². The first-order chi connectivity index (χ1) is 15.1. The van der Waals surface area contributed by atoms with Crippen molar-refractivity contribution in [1.82, 2.24) is 20.3 Å². The summed E-state index contributed by atoms with van der Waals surface area (Å²) in [7, 11) is 0. The molecule has 0 spiro atoms. The Bertz CT molecular complexity index is 1030. The first-order valence-electron chi connectivity index (χ1n) is 10.3. The van der Waals surface area contributed by atoms with Gasteiger partial charge in [-0.3, -0.25) is 14.6 Å². The fraction of sp³-hybridized carbons (Fsp3) is 0.304. The van der Waals surface area contributed by atoms with Crippen LogP contribution in [0, 0.1) is 0 Å². The number of amides is 1. The second-order valence-corrected chi connectivity index (χ2v) is 8.63. The second-order valence-electron chi connectivity index (χ2n) is 7.11. The molecule has 0 fully saturated rings. The summed E-state index contributed by atoms with van der Waals surface area (Å²) in [5.74, 6) is 0.816. The van der Waals surface area contributed by atoms with Gasteiger partial charge in [-0.15, -0.1) is 0 Å². The first kappa shape index (κ1) is 23.0. The van der Waals surface area contributed by atoms with Crippen molar-refractivity contribution in [2.45, 2.75) is 37.3 Å². The highest BCUT2D eigenvalue weighted by molar-refractivity contribution is 7.99. The topological polar surface area (TPSA) is 87.7 Å². The molecule has 0 aliphatic heterocycles. The van der Waals surface area contributed by atoms with E-state index < -0.39 is 0 Å². The van der Waals surface area contributed by atoms with E-state index in [9.17, 15) is 9.59 Å². The molecule has 6 nitrogen and oxygen atoms in total. The maximum Gasteiger partial charge on any atom is 0.255 e. The van der Waals surface area contributed by atoms with Crippen LogP contribution in [0.25, 0.3) is 0 Å². The van der Waals surface area contributed by atoms with Gasteiger partial charge in [-0.2, -0.15) is 0 Å². The summed E-state index contributed by atoms with van der Waals surface area (Å²) in [4.78, 5) is 35.6. The molecule has 0 bridgehead atoms. The lowest BCUT2D eigenvalue weighted by Gasteiger charge is -2.06. The molecule has 0 saturated carbocycles. The van der Waals surface area contributed by atoms with Crippen molar-refractivity contribution in [2.75, 3.05) is 12.3 Å². The number of rotatable bonds is 11. The smallest absolute Gasteiger partial charge is 0.255 e. The van der Waals surface area contributed by atoms with E-state index >= 15 is 0 Å². The van der Waals surface area contributed by atoms with Crippen molar-refractivity contribution in [1.29, 1.82) is 0 Å². The molecule has 0 unspecified atom stereocenters. The summed E-state index contributed by atoms with van der Waals surface area (Å²) in [5, 5.41) is 4.19. The van der Waals surface area contributed by atoms with Gasteiger partial charge in [0.05, 0.1) is 0 Å². The van der Waals surface area contributed by atoms with Crippen LogP contribution in [0.1, 0.15) is 47.2 Å². The number of hydrogen-bond donors (Lipinski definition) is 2. The Balaban J connectivity index is 1.28. The van der Waals surface area contributed by atoms with Crippen molar-refractivity contribution in [2.24, 2.45) is 0 Å². The average Bonchev–Trinajstić information content (AvgIpc) is 2.78. The number of aromatic amines is 1. The quantitative estimate of drug-likeness (QED) is 0.252. The molecule has 162 valence electrons. The van der Waals surface area contributed by atoms with Crippen LogP contribution < -0.4 is 10.9 Å². The lowest BCUT2D eigenvalue weighted by molar-refractivity contribution is 0.0953. The Morgan fingerprint density at radius 2 is 1.87 bits per heavy atom. The molecule has 1 aromatic carbocycles. The Hall–Kier alpha value is -2.64. The van der Waals surface area contributed by atoms with Gasteiger partial charge >= 0.3 is 0 Å². The summed E-state index contributed by atoms with van der Waals surface area (Å²) in [6.07, 6.45) is 9.70. The number of hydrogen-bond acceptors (Lipinski definition) is 5. The van der Waals surface area contributed by atoms with Gasteiger partial charge in [0.25, 0.3) is 11.5 Å². The minimum absolute atomic E-state index is 0.0748. The zero-order chi connectivity index (χ0) is 21.9. The first-order valence-corrected chi connectivity index (χ1v) is 11.6. The molecule has 0 aliphatic carbocycles. The summed E-state index contributed by atoms with van der Waals surface area (Å²) in [6, 6.07) is 10.7. The normalized spacial score (nSPS) is 10.7. The standard InChI is InChI=1S/C23H25ClN4O2S/c24-20-9-7-18(8-10-20)21(29)26-12-3-1-2-4-13-31-23-27-16-19(22(30)28-23)14-17-6-5-11-25-15-17/h5-11,15-16H,1-4,12-14H2,(H,26,29)(H,27,28,30). The van der Waals surface area contributed by atoms with E-state index in [1.807, 2.05) is 12.1 Å². The number of thioether (sulfide) groups is 1. The van der Waals surface area contributed by atoms with Crippen LogP contribution in [0.15, 0.2) is 64.9 Å². The number of aromatic nitrogens is 3. The maximum absolute atomic E-state index is 12.3. The Labute approximate surface area is 190 Å². The van der Waals surface area contributed by atoms with Crippen LogP contribution in [-0.2, 0) is 6.42 Å². The number of nitrogens with zero attached hydrogens (tertiary/aromatic N) is 2. The predicted molar refractivity (Wildman–Crippen MR) is 125 cm³/mol. The third-order valence-corrected chi connectivity index (χ3v) is 5.89. The van der Waals surface area contributed by atoms with Crippen LogP contribution in [-0.4, -0.2) is 33.2 Å². The number of pyridine rings is 1. The van der Waals surface area contributed by atoms with Gasteiger partial charge in [-0.25, -0.2) is 4.98 Å². The summed E-state index contributed by atoms with van der Waals surface area (Å²) < 4.78 is 0. The monoisotopic (exact) mass is 456 g/mol. The van der Waals surface area contributed by atoms with Gasteiger partial charge in [0, 0.05) is 53.5 Å². The van der Waals surface area contributed by atoms with Crippen LogP contribution in [0.3, 0.4) is 0 Å². The number of nitrogens with one attached hydrogen (secondary N) is 2. The van der Waals surface area contributed by atoms with Crippen molar-refractivity contribution < 1.29 is 4.79 Å². The molecule has 8 heteroatoms. The third kappa shape index (κ3) is 7.84. The fourth-order valence-corrected chi connectivity index (χ4v) is 3.94. The number of carbonyl (C=O) groups excluding carboxylic acids is 1. The summed E-state index contributed by atoms with van der Waals surface area (Å²) >= 11 is 7.39. The van der Waals surface area contributed by atoms with Crippen LogP contribution in [0.2, 0.25) is 5.02 Å². The molecule has 2 heterocycles. The average molecular weight is 457 g/mol. The number of benzene rings is 1. The zero-order valence-corrected chi connectivity index (χ0v) is 18.7. The lowest BCUT2D eigenvalue weighted by Crippen LogP contribution is -2.24. The van der Waals surface area contributed by atoms with Crippen molar-refractivity contribution in [3.63, 3.8) is 0 Å². The molecular formula is C23H25ClN4O2S. The third-order valence-electron chi connectivity index (χ3n) is 4.67. The van der Waals surface area contributed by atoms with E-state index in [0.29, 0.717) is 34.3 Å². The van der Waals surface area contributed by atoms with Crippen LogP contribution in [0.4, 0.5) is 0 Å². The Kier molecular flexibility index (Phi) is 9.12. The number of carbonyl (C=O) groups is 1. The van der Waals surface area contributed by atoms with Gasteiger partial charge in [0.15, 0.2) is 5.16 Å². The van der Waals surface area contributed by atoms with E-state index in [0.717, 1.165) is 37.0 Å². The molecule has 0 saturated heterocycles. The number of halogens is 1. The predicted octanol–water partition coefficient (Wildman–Crippen LogP) is 4.49. The molecule has 3 rings (SSSR count). The Morgan fingerprint density at radius 1 is 1.06 bits per heavy atom. The molecular weight excluding hydrogens is 432 g/mol. The molecule has 3 aromatic rings. The minimum atomic E-state index is -0.0993. The molecule has 0 atom stereocenters. The van der Waals surface area contributed by atoms with E-state index in [1.165, 1.54) is 0 Å². The van der Waals surface area contributed by atoms with E-state index in [1.54, 1.807) is 54.6 Å². The van der Waals surface area contributed by atoms with Crippen LogP contribution >= 0.6 is 23.4 Å². The SMILES string of the molecule is O=C(NCCCCCCSc1ncc(Cc2cccnc2)c(=O)[nH]1)c1ccc(Cl)cc1. The minimum Gasteiger partial charge on any atom is -0.352 e. The number of unbranched alkanes of at least 4 members (excludes halogenated alkanes) is 3. The van der Waals surface area contributed by atoms with Crippen molar-refractivity contribution >= 4 is 29.3 Å². The lowest BCUT2D eigenvalue weighted by atomic mass is 10.1. The van der Waals surface area contributed by atoms with E-state index in [4.69, 9.17) is 11.6 Å². The zero-order valence-electron chi connectivity index (χ0n) is 17.1. The second kappa shape index (κ2) is 12.3. The highest BCUT2D eigenvalue weighted by Gasteiger charge is 2.06. The number of H-pyrrole nitrogens is 1. The molecule has 2 aromatic heterocycles. The summed E-state index contributed by atoms with van der Waals surface area (Å²) in [6.45, 7) is 0.655. The van der Waals surface area contributed by atoms with Gasteiger partial charge in [0.2, 0.25) is 0 Å². The highest BCUT2D eigenvalue weighted by atomic mass is 35.5. The highest BCUT2D eigenvalue weighted by Crippen LogP contribution is 2.15. The van der Waals surface area contributed by atoms with Crippen LogP contribution in [0.5, 0.6) is 0 Å². The van der Waals surface area contributed by atoms with Gasteiger partial charge in [0.1, 0.15) is 0 Å². The maximum atomic E-state index is 12.3. The van der Waals surface area contributed by atoms with Gasteiger partial charge in [-0.1, -0.05) is 42.3 Å². The molecule has 0 radical (unpaired) electrons. The van der Waals surface area contributed by atoms with Gasteiger partial charge < -0.3 is 10.3 Å². The summed E-state index contributed by atoms with van der Waals surface area (Å²) in [5.41, 5.74) is 2.14. The molecule has 31 heavy (non-hydrogen) atoms. The molecule has 2 N–H and O–H groups in total.